The first-order valence-corrected chi connectivity index (χ1v) is 5.57. The van der Waals surface area contributed by atoms with E-state index in [2.05, 4.69) is 41.3 Å². The van der Waals surface area contributed by atoms with Crippen molar-refractivity contribution in [1.29, 1.82) is 0 Å². The van der Waals surface area contributed by atoms with Gasteiger partial charge in [-0.2, -0.15) is 0 Å². The smallest absolute Gasteiger partial charge is 0.0293 e. The number of hydrogen-bond acceptors (Lipinski definition) is 1. The molecule has 0 bridgehead atoms. The van der Waals surface area contributed by atoms with Crippen LogP contribution in [0.4, 0.5) is 0 Å². The molecule has 0 spiro atoms. The van der Waals surface area contributed by atoms with E-state index < -0.39 is 0 Å². The molecule has 0 saturated carbocycles. The summed E-state index contributed by atoms with van der Waals surface area (Å²) in [5.74, 6) is 0. The van der Waals surface area contributed by atoms with Gasteiger partial charge in [-0.3, -0.25) is 0 Å². The molecule has 1 heterocycles. The second kappa shape index (κ2) is 4.08. The molecular weight excluding hydrogens is 249 g/mol. The minimum absolute atomic E-state index is 0.453. The number of hydrogen-bond donors (Lipinski definition) is 0. The highest BCUT2D eigenvalue weighted by Crippen LogP contribution is 2.20. The highest BCUT2D eigenvalue weighted by atomic mass is 127. The van der Waals surface area contributed by atoms with Crippen molar-refractivity contribution in [3.63, 3.8) is 0 Å². The van der Waals surface area contributed by atoms with Gasteiger partial charge >= 0.3 is 0 Å². The molecule has 1 fully saturated rings. The van der Waals surface area contributed by atoms with Crippen molar-refractivity contribution in [3.05, 3.63) is 0 Å². The van der Waals surface area contributed by atoms with Crippen molar-refractivity contribution in [2.75, 3.05) is 19.6 Å². The lowest BCUT2D eigenvalue weighted by atomic mass is 10.1. The molecule has 0 aliphatic carbocycles. The van der Waals surface area contributed by atoms with Gasteiger partial charge in [0.1, 0.15) is 0 Å². The fourth-order valence-corrected chi connectivity index (χ4v) is 2.13. The lowest BCUT2D eigenvalue weighted by Gasteiger charge is -2.31. The third kappa shape index (κ3) is 4.31. The Hall–Kier alpha value is 0.690. The van der Waals surface area contributed by atoms with E-state index >= 15 is 0 Å². The second-order valence-electron chi connectivity index (χ2n) is 4.06. The Balaban J connectivity index is 2.24. The first-order chi connectivity index (χ1) is 5.08. The van der Waals surface area contributed by atoms with Crippen LogP contribution in [0.2, 0.25) is 0 Å². The van der Waals surface area contributed by atoms with Crippen LogP contribution in [0, 0.1) is 0 Å². The van der Waals surface area contributed by atoms with Crippen LogP contribution >= 0.6 is 22.6 Å². The van der Waals surface area contributed by atoms with E-state index in [1.54, 1.807) is 0 Å². The van der Waals surface area contributed by atoms with Gasteiger partial charge in [-0.15, -0.1) is 0 Å². The van der Waals surface area contributed by atoms with Gasteiger partial charge < -0.3 is 4.90 Å². The number of likely N-dealkylation sites (tertiary alicyclic amines) is 1. The Bertz CT molecular complexity index is 111. The summed E-state index contributed by atoms with van der Waals surface area (Å²) in [4.78, 5) is 2.59. The van der Waals surface area contributed by atoms with E-state index in [0.29, 0.717) is 3.42 Å². The Morgan fingerprint density at radius 3 is 2.18 bits per heavy atom. The molecule has 1 saturated heterocycles. The van der Waals surface area contributed by atoms with Crippen LogP contribution in [0.15, 0.2) is 0 Å². The first-order valence-electron chi connectivity index (χ1n) is 4.49. The van der Waals surface area contributed by atoms with E-state index in [1.807, 2.05) is 0 Å². The summed E-state index contributed by atoms with van der Waals surface area (Å²) in [5, 5.41) is 0. The Morgan fingerprint density at radius 2 is 1.73 bits per heavy atom. The average molecular weight is 267 g/mol. The molecule has 1 aliphatic heterocycles. The van der Waals surface area contributed by atoms with Crippen LogP contribution in [0.5, 0.6) is 0 Å². The van der Waals surface area contributed by atoms with Crippen LogP contribution in [0.25, 0.3) is 0 Å². The molecule has 0 aromatic rings. The molecule has 1 nitrogen and oxygen atoms in total. The molecule has 0 amide bonds. The van der Waals surface area contributed by atoms with Crippen molar-refractivity contribution >= 4 is 22.6 Å². The minimum Gasteiger partial charge on any atom is -0.302 e. The minimum atomic E-state index is 0.453. The summed E-state index contributed by atoms with van der Waals surface area (Å²) in [6.45, 7) is 8.52. The topological polar surface area (TPSA) is 3.24 Å². The molecule has 0 radical (unpaired) electrons. The van der Waals surface area contributed by atoms with E-state index in [0.717, 1.165) is 0 Å². The van der Waals surface area contributed by atoms with Crippen LogP contribution in [0.3, 0.4) is 0 Å². The number of piperidine rings is 1. The van der Waals surface area contributed by atoms with Crippen LogP contribution in [-0.2, 0) is 0 Å². The van der Waals surface area contributed by atoms with Gasteiger partial charge in [0, 0.05) is 9.97 Å². The van der Waals surface area contributed by atoms with Gasteiger partial charge in [0.05, 0.1) is 0 Å². The van der Waals surface area contributed by atoms with Gasteiger partial charge in [-0.05, 0) is 39.8 Å². The highest BCUT2D eigenvalue weighted by molar-refractivity contribution is 14.1. The van der Waals surface area contributed by atoms with E-state index in [1.165, 1.54) is 38.9 Å². The monoisotopic (exact) mass is 267 g/mol. The summed E-state index contributed by atoms with van der Waals surface area (Å²) >= 11 is 2.54. The molecule has 2 heteroatoms. The highest BCUT2D eigenvalue weighted by Gasteiger charge is 2.19. The third-order valence-corrected chi connectivity index (χ3v) is 2.39. The molecule has 1 aliphatic rings. The number of rotatable bonds is 2. The molecule has 66 valence electrons. The number of nitrogens with zero attached hydrogens (tertiary/aromatic N) is 1. The van der Waals surface area contributed by atoms with Crippen molar-refractivity contribution < 1.29 is 0 Å². The van der Waals surface area contributed by atoms with Crippen LogP contribution in [-0.4, -0.2) is 28.0 Å². The normalized spacial score (nSPS) is 22.1. The molecule has 0 atom stereocenters. The SMILES string of the molecule is CC(C)(I)CN1CCCCC1. The van der Waals surface area contributed by atoms with Crippen LogP contribution < -0.4 is 0 Å². The molecule has 11 heavy (non-hydrogen) atoms. The van der Waals surface area contributed by atoms with Crippen LogP contribution in [0.1, 0.15) is 33.1 Å². The molecule has 0 N–H and O–H groups in total. The molecule has 0 unspecified atom stereocenters. The standard InChI is InChI=1S/C9H18IN/c1-9(2,10)8-11-6-4-3-5-7-11/h3-8H2,1-2H3. The summed E-state index contributed by atoms with van der Waals surface area (Å²) in [6, 6.07) is 0. The summed E-state index contributed by atoms with van der Waals surface area (Å²) in [5.41, 5.74) is 0. The molecule has 1 rings (SSSR count). The number of halogens is 1. The van der Waals surface area contributed by atoms with Gasteiger partial charge in [0.25, 0.3) is 0 Å². The molecule has 0 aromatic carbocycles. The fourth-order valence-electron chi connectivity index (χ4n) is 1.65. The lowest BCUT2D eigenvalue weighted by Crippen LogP contribution is -2.38. The largest absolute Gasteiger partial charge is 0.302 e. The van der Waals surface area contributed by atoms with E-state index in [-0.39, 0.29) is 0 Å². The van der Waals surface area contributed by atoms with E-state index in [9.17, 15) is 0 Å². The van der Waals surface area contributed by atoms with Crippen molar-refractivity contribution in [3.8, 4) is 0 Å². The molecular formula is C9H18IN. The predicted octanol–water partition coefficient (Wildman–Crippen LogP) is 2.69. The van der Waals surface area contributed by atoms with Gasteiger partial charge in [-0.25, -0.2) is 0 Å². The summed E-state index contributed by atoms with van der Waals surface area (Å²) < 4.78 is 0.453. The molecule has 0 aromatic heterocycles. The first kappa shape index (κ1) is 9.78. The fraction of sp³-hybridized carbons (Fsp3) is 1.00. The Labute approximate surface area is 83.7 Å². The lowest BCUT2D eigenvalue weighted by molar-refractivity contribution is 0.218. The maximum Gasteiger partial charge on any atom is 0.0293 e. The van der Waals surface area contributed by atoms with Crippen molar-refractivity contribution in [2.45, 2.75) is 36.5 Å². The maximum atomic E-state index is 2.59. The van der Waals surface area contributed by atoms with Gasteiger partial charge in [0.2, 0.25) is 0 Å². The summed E-state index contributed by atoms with van der Waals surface area (Å²) in [7, 11) is 0. The zero-order valence-electron chi connectivity index (χ0n) is 7.57. The number of alkyl halides is 1. The summed E-state index contributed by atoms with van der Waals surface area (Å²) in [6.07, 6.45) is 4.26. The van der Waals surface area contributed by atoms with E-state index in [4.69, 9.17) is 0 Å². The zero-order chi connectivity index (χ0) is 8.32. The maximum absolute atomic E-state index is 2.59. The zero-order valence-corrected chi connectivity index (χ0v) is 9.73. The Morgan fingerprint density at radius 1 is 1.18 bits per heavy atom. The van der Waals surface area contributed by atoms with Crippen molar-refractivity contribution in [2.24, 2.45) is 0 Å². The van der Waals surface area contributed by atoms with Crippen molar-refractivity contribution in [1.82, 2.24) is 4.90 Å². The second-order valence-corrected chi connectivity index (χ2v) is 6.98. The van der Waals surface area contributed by atoms with Gasteiger partial charge in [0.15, 0.2) is 0 Å². The third-order valence-electron chi connectivity index (χ3n) is 2.05. The predicted molar refractivity (Wildman–Crippen MR) is 58.4 cm³/mol. The average Bonchev–Trinajstić information content (AvgIpc) is 1.85. The van der Waals surface area contributed by atoms with Gasteiger partial charge in [-0.1, -0.05) is 29.0 Å². The Kier molecular flexibility index (Phi) is 3.62. The quantitative estimate of drug-likeness (QED) is 0.549.